The minimum Gasteiger partial charge on any atom is -0.466 e. The predicted octanol–water partition coefficient (Wildman–Crippen LogP) is 5.77. The fraction of sp³-hybridized carbons (Fsp3) is 0.346. The molecule has 7 heteroatoms. The van der Waals surface area contributed by atoms with Gasteiger partial charge in [0.2, 0.25) is 0 Å². The van der Waals surface area contributed by atoms with E-state index in [0.717, 1.165) is 35.1 Å². The smallest absolute Gasteiger partial charge is 0.412 e. The summed E-state index contributed by atoms with van der Waals surface area (Å²) in [5, 5.41) is 6.81. The summed E-state index contributed by atoms with van der Waals surface area (Å²) in [6.07, 6.45) is 1.87. The number of esters is 1. The highest BCUT2D eigenvalue weighted by atomic mass is 16.6. The summed E-state index contributed by atoms with van der Waals surface area (Å²) in [5.41, 5.74) is 4.85. The third-order valence-electron chi connectivity index (χ3n) is 5.76. The van der Waals surface area contributed by atoms with Crippen LogP contribution in [0.3, 0.4) is 0 Å². The van der Waals surface area contributed by atoms with Crippen LogP contribution in [0.25, 0.3) is 22.5 Å². The molecule has 1 atom stereocenters. The van der Waals surface area contributed by atoms with Gasteiger partial charge < -0.3 is 14.0 Å². The second-order valence-electron chi connectivity index (χ2n) is 8.30. The molecule has 1 aromatic heterocycles. The number of aryl methyl sites for hydroxylation is 1. The minimum atomic E-state index is -0.499. The molecular weight excluding hydrogens is 420 g/mol. The maximum Gasteiger partial charge on any atom is 0.412 e. The van der Waals surface area contributed by atoms with Gasteiger partial charge in [-0.05, 0) is 56.2 Å². The van der Waals surface area contributed by atoms with E-state index < -0.39 is 6.09 Å². The standard InChI is InChI=1S/C26H28N2O5/c1-4-31-23(29)15-18-5-7-20(8-6-18)21-11-13-22(14-12-21)25-24(16(2)28-33-25)27-26(30)32-17(3)19-9-10-19/h5-8,11-14,17,19H,4,9-10,15H2,1-3H3,(H,27,30)/t17-/m1/s1. The van der Waals surface area contributed by atoms with Crippen molar-refractivity contribution in [1.82, 2.24) is 5.16 Å². The molecule has 33 heavy (non-hydrogen) atoms. The zero-order chi connectivity index (χ0) is 23.4. The number of ether oxygens (including phenoxy) is 2. The Morgan fingerprint density at radius 2 is 1.67 bits per heavy atom. The Bertz CT molecular complexity index is 1110. The van der Waals surface area contributed by atoms with Crippen LogP contribution in [0, 0.1) is 12.8 Å². The van der Waals surface area contributed by atoms with Gasteiger partial charge in [-0.1, -0.05) is 53.7 Å². The van der Waals surface area contributed by atoms with Crippen molar-refractivity contribution < 1.29 is 23.6 Å². The molecule has 1 aliphatic rings. The lowest BCUT2D eigenvalue weighted by atomic mass is 10.0. The lowest BCUT2D eigenvalue weighted by Crippen LogP contribution is -2.21. The molecule has 7 nitrogen and oxygen atoms in total. The Labute approximate surface area is 193 Å². The normalized spacial score (nSPS) is 13.9. The van der Waals surface area contributed by atoms with E-state index in [-0.39, 0.29) is 18.5 Å². The van der Waals surface area contributed by atoms with Gasteiger partial charge in [0.25, 0.3) is 0 Å². The van der Waals surface area contributed by atoms with Crippen LogP contribution >= 0.6 is 0 Å². The molecular formula is C26H28N2O5. The molecule has 3 aromatic rings. The maximum atomic E-state index is 12.3. The number of carbonyl (C=O) groups excluding carboxylic acids is 2. The van der Waals surface area contributed by atoms with Gasteiger partial charge in [0.05, 0.1) is 13.0 Å². The van der Waals surface area contributed by atoms with Crippen molar-refractivity contribution in [2.75, 3.05) is 11.9 Å². The highest BCUT2D eigenvalue weighted by molar-refractivity contribution is 5.91. The van der Waals surface area contributed by atoms with E-state index in [1.807, 2.05) is 55.5 Å². The Balaban J connectivity index is 1.45. The van der Waals surface area contributed by atoms with Crippen molar-refractivity contribution in [2.24, 2.45) is 5.92 Å². The number of nitrogens with zero attached hydrogens (tertiary/aromatic N) is 1. The van der Waals surface area contributed by atoms with Crippen molar-refractivity contribution in [3.63, 3.8) is 0 Å². The van der Waals surface area contributed by atoms with Crippen molar-refractivity contribution >= 4 is 17.7 Å². The van der Waals surface area contributed by atoms with E-state index in [1.54, 1.807) is 13.8 Å². The number of hydrogen-bond acceptors (Lipinski definition) is 6. The molecule has 0 bridgehead atoms. The molecule has 1 N–H and O–H groups in total. The Morgan fingerprint density at radius 1 is 1.06 bits per heavy atom. The van der Waals surface area contributed by atoms with Crippen LogP contribution < -0.4 is 5.32 Å². The number of hydrogen-bond donors (Lipinski definition) is 1. The lowest BCUT2D eigenvalue weighted by molar-refractivity contribution is -0.142. The third-order valence-corrected chi connectivity index (χ3v) is 5.76. The summed E-state index contributed by atoms with van der Waals surface area (Å²) in [5.74, 6) is 0.720. The average Bonchev–Trinajstić information content (AvgIpc) is 3.59. The second-order valence-corrected chi connectivity index (χ2v) is 8.30. The van der Waals surface area contributed by atoms with Crippen LogP contribution in [0.5, 0.6) is 0 Å². The molecule has 1 amide bonds. The molecule has 1 saturated carbocycles. The van der Waals surface area contributed by atoms with Crippen molar-refractivity contribution in [3.8, 4) is 22.5 Å². The third kappa shape index (κ3) is 5.61. The summed E-state index contributed by atoms with van der Waals surface area (Å²) >= 11 is 0. The predicted molar refractivity (Wildman–Crippen MR) is 125 cm³/mol. The summed E-state index contributed by atoms with van der Waals surface area (Å²) in [4.78, 5) is 24.0. The molecule has 2 aromatic carbocycles. The van der Waals surface area contributed by atoms with E-state index in [1.165, 1.54) is 0 Å². The molecule has 0 aliphatic heterocycles. The number of benzene rings is 2. The zero-order valence-corrected chi connectivity index (χ0v) is 19.1. The number of nitrogens with one attached hydrogen (secondary N) is 1. The van der Waals surface area contributed by atoms with Crippen LogP contribution in [0.2, 0.25) is 0 Å². The molecule has 0 unspecified atom stereocenters. The summed E-state index contributed by atoms with van der Waals surface area (Å²) < 4.78 is 16.0. The van der Waals surface area contributed by atoms with E-state index >= 15 is 0 Å². The summed E-state index contributed by atoms with van der Waals surface area (Å²) in [6.45, 7) is 5.87. The molecule has 0 radical (unpaired) electrons. The van der Waals surface area contributed by atoms with Gasteiger partial charge in [0.1, 0.15) is 17.5 Å². The Kier molecular flexibility index (Phi) is 6.77. The van der Waals surface area contributed by atoms with E-state index in [9.17, 15) is 9.59 Å². The quantitative estimate of drug-likeness (QED) is 0.440. The van der Waals surface area contributed by atoms with Gasteiger partial charge >= 0.3 is 12.1 Å². The van der Waals surface area contributed by atoms with Crippen LogP contribution in [0.15, 0.2) is 53.1 Å². The average molecular weight is 449 g/mol. The van der Waals surface area contributed by atoms with Crippen molar-refractivity contribution in [1.29, 1.82) is 0 Å². The monoisotopic (exact) mass is 448 g/mol. The van der Waals surface area contributed by atoms with Gasteiger partial charge in [-0.3, -0.25) is 10.1 Å². The molecule has 0 spiro atoms. The van der Waals surface area contributed by atoms with E-state index in [2.05, 4.69) is 10.5 Å². The fourth-order valence-corrected chi connectivity index (χ4v) is 3.68. The van der Waals surface area contributed by atoms with Gasteiger partial charge in [-0.15, -0.1) is 0 Å². The minimum absolute atomic E-state index is 0.100. The lowest BCUT2D eigenvalue weighted by Gasteiger charge is -2.13. The number of aromatic nitrogens is 1. The van der Waals surface area contributed by atoms with Crippen molar-refractivity contribution in [2.45, 2.75) is 46.1 Å². The molecule has 1 fully saturated rings. The zero-order valence-electron chi connectivity index (χ0n) is 19.1. The van der Waals surface area contributed by atoms with Crippen molar-refractivity contribution in [3.05, 3.63) is 59.8 Å². The molecule has 172 valence electrons. The molecule has 1 heterocycles. The van der Waals surface area contributed by atoms with Gasteiger partial charge in [0.15, 0.2) is 5.76 Å². The summed E-state index contributed by atoms with van der Waals surface area (Å²) in [6, 6.07) is 15.6. The number of carbonyl (C=O) groups is 2. The van der Waals surface area contributed by atoms with E-state index in [0.29, 0.717) is 29.7 Å². The van der Waals surface area contributed by atoms with Crippen LogP contribution in [-0.4, -0.2) is 29.9 Å². The Morgan fingerprint density at radius 3 is 2.27 bits per heavy atom. The van der Waals surface area contributed by atoms with Gasteiger partial charge in [-0.2, -0.15) is 0 Å². The Hall–Kier alpha value is -3.61. The van der Waals surface area contributed by atoms with Crippen LogP contribution in [0.1, 0.15) is 37.9 Å². The first-order valence-corrected chi connectivity index (χ1v) is 11.2. The number of amides is 1. The highest BCUT2D eigenvalue weighted by Gasteiger charge is 2.31. The van der Waals surface area contributed by atoms with Crippen LogP contribution in [-0.2, 0) is 20.7 Å². The van der Waals surface area contributed by atoms with E-state index in [4.69, 9.17) is 14.0 Å². The SMILES string of the molecule is CCOC(=O)Cc1ccc(-c2ccc(-c3onc(C)c3NC(=O)O[C@H](C)C3CC3)cc2)cc1. The topological polar surface area (TPSA) is 90.7 Å². The number of anilines is 1. The molecule has 0 saturated heterocycles. The largest absolute Gasteiger partial charge is 0.466 e. The second kappa shape index (κ2) is 9.90. The molecule has 4 rings (SSSR count). The first kappa shape index (κ1) is 22.6. The molecule has 1 aliphatic carbocycles. The van der Waals surface area contributed by atoms with Gasteiger partial charge in [0, 0.05) is 5.56 Å². The first-order chi connectivity index (χ1) is 15.9. The highest BCUT2D eigenvalue weighted by Crippen LogP contribution is 2.35. The van der Waals surface area contributed by atoms with Crippen LogP contribution in [0.4, 0.5) is 10.5 Å². The number of rotatable bonds is 8. The van der Waals surface area contributed by atoms with Gasteiger partial charge in [-0.25, -0.2) is 4.79 Å². The summed E-state index contributed by atoms with van der Waals surface area (Å²) in [7, 11) is 0. The maximum absolute atomic E-state index is 12.3. The first-order valence-electron chi connectivity index (χ1n) is 11.2. The fourth-order valence-electron chi connectivity index (χ4n) is 3.68.